The first-order valence-electron chi connectivity index (χ1n) is 13.7. The topological polar surface area (TPSA) is 60.4 Å². The van der Waals surface area contributed by atoms with Crippen molar-refractivity contribution >= 4 is 54.7 Å². The quantitative estimate of drug-likeness (QED) is 0.106. The molecule has 0 amide bonds. The highest BCUT2D eigenvalue weighted by molar-refractivity contribution is 7.88. The van der Waals surface area contributed by atoms with Gasteiger partial charge in [0.1, 0.15) is 0 Å². The Hall–Kier alpha value is -4.39. The van der Waals surface area contributed by atoms with E-state index in [0.717, 1.165) is 16.5 Å². The van der Waals surface area contributed by atoms with Crippen molar-refractivity contribution < 1.29 is 30.3 Å². The van der Waals surface area contributed by atoms with Crippen LogP contribution in [-0.2, 0) is 14.7 Å². The Morgan fingerprint density at radius 2 is 1.02 bits per heavy atom. The molecule has 0 aliphatic heterocycles. The van der Waals surface area contributed by atoms with Gasteiger partial charge >= 0.3 is 15.6 Å². The third-order valence-electron chi connectivity index (χ3n) is 7.78. The molecule has 0 aromatic heterocycles. The van der Waals surface area contributed by atoms with Crippen LogP contribution >= 0.6 is 7.14 Å². The van der Waals surface area contributed by atoms with Crippen LogP contribution < -0.4 is 20.1 Å². The molecule has 0 atom stereocenters. The fourth-order valence-electron chi connectivity index (χ4n) is 5.75. The van der Waals surface area contributed by atoms with Crippen molar-refractivity contribution in [2.75, 3.05) is 0 Å². The van der Waals surface area contributed by atoms with E-state index in [2.05, 4.69) is 0 Å². The molecule has 0 saturated carbocycles. The standard InChI is InChI=1S/C35H26F3O4PS/c1-23-11-3-9-17-30(23)43(39,31-18-10-4-12-24(31)2)32-22-20-26-14-6-8-16-28(26)34(32)33-27-15-7-5-13-25(27)19-21-29(33)42-44(40,41)35(36,37)38/h3-22H,1-2H3. The first-order chi connectivity index (χ1) is 20.9. The number of hydrogen-bond donors (Lipinski definition) is 0. The minimum atomic E-state index is -6.04. The van der Waals surface area contributed by atoms with Crippen LogP contribution in [0.3, 0.4) is 0 Å². The summed E-state index contributed by atoms with van der Waals surface area (Å²) in [6.45, 7) is 3.73. The van der Waals surface area contributed by atoms with Gasteiger partial charge in [-0.1, -0.05) is 109 Å². The van der Waals surface area contributed by atoms with E-state index >= 15 is 4.57 Å². The van der Waals surface area contributed by atoms with Gasteiger partial charge in [0.2, 0.25) is 0 Å². The van der Waals surface area contributed by atoms with Gasteiger partial charge in [-0.25, -0.2) is 0 Å². The van der Waals surface area contributed by atoms with Crippen LogP contribution in [0.1, 0.15) is 11.1 Å². The highest BCUT2D eigenvalue weighted by Gasteiger charge is 2.49. The Kier molecular flexibility index (Phi) is 7.39. The minimum absolute atomic E-state index is 0.102. The van der Waals surface area contributed by atoms with Crippen LogP contribution in [-0.4, -0.2) is 13.9 Å². The van der Waals surface area contributed by atoms with Crippen LogP contribution in [0.2, 0.25) is 0 Å². The highest BCUT2D eigenvalue weighted by Crippen LogP contribution is 2.51. The predicted molar refractivity (Wildman–Crippen MR) is 171 cm³/mol. The molecular weight excluding hydrogens is 604 g/mol. The van der Waals surface area contributed by atoms with E-state index in [-0.39, 0.29) is 5.56 Å². The monoisotopic (exact) mass is 630 g/mol. The molecule has 4 nitrogen and oxygen atoms in total. The molecule has 222 valence electrons. The van der Waals surface area contributed by atoms with Gasteiger partial charge < -0.3 is 8.75 Å². The number of benzene rings is 6. The van der Waals surface area contributed by atoms with Crippen molar-refractivity contribution in [1.29, 1.82) is 0 Å². The summed E-state index contributed by atoms with van der Waals surface area (Å²) in [6, 6.07) is 35.1. The van der Waals surface area contributed by atoms with Crippen LogP contribution in [0.5, 0.6) is 5.75 Å². The maximum atomic E-state index is 16.1. The third kappa shape index (κ3) is 4.88. The molecular formula is C35H26F3O4PS. The molecule has 0 N–H and O–H groups in total. The summed E-state index contributed by atoms with van der Waals surface area (Å²) in [7, 11) is -9.81. The summed E-state index contributed by atoms with van der Waals surface area (Å²) < 4.78 is 86.8. The smallest absolute Gasteiger partial charge is 0.375 e. The average molecular weight is 631 g/mol. The molecule has 0 bridgehead atoms. The fraction of sp³-hybridized carbons (Fsp3) is 0.0857. The SMILES string of the molecule is Cc1ccccc1P(=O)(c1ccccc1C)c1ccc2ccccc2c1-c1c(OS(=O)(=O)C(F)(F)F)ccc2ccccc12. The van der Waals surface area contributed by atoms with E-state index in [1.54, 1.807) is 66.7 Å². The number of aryl methyl sites for hydroxylation is 2. The van der Waals surface area contributed by atoms with Crippen LogP contribution in [0.4, 0.5) is 13.2 Å². The van der Waals surface area contributed by atoms with Gasteiger partial charge in [-0.05, 0) is 58.7 Å². The molecule has 44 heavy (non-hydrogen) atoms. The molecule has 0 aliphatic rings. The second-order valence-corrected chi connectivity index (χ2v) is 14.7. The van der Waals surface area contributed by atoms with E-state index in [4.69, 9.17) is 4.18 Å². The lowest BCUT2D eigenvalue weighted by Crippen LogP contribution is -2.30. The van der Waals surface area contributed by atoms with Gasteiger partial charge in [0.15, 0.2) is 12.9 Å². The normalized spacial score (nSPS) is 12.5. The molecule has 0 spiro atoms. The third-order valence-corrected chi connectivity index (χ3v) is 12.2. The molecule has 9 heteroatoms. The Morgan fingerprint density at radius 1 is 0.568 bits per heavy atom. The van der Waals surface area contributed by atoms with Crippen LogP contribution in [0.25, 0.3) is 32.7 Å². The van der Waals surface area contributed by atoms with E-state index in [0.29, 0.717) is 37.6 Å². The number of rotatable bonds is 6. The Labute approximate surface area is 253 Å². The number of alkyl halides is 3. The molecule has 6 aromatic rings. The van der Waals surface area contributed by atoms with Crippen molar-refractivity contribution in [2.45, 2.75) is 19.4 Å². The van der Waals surface area contributed by atoms with E-state index < -0.39 is 28.5 Å². The first-order valence-corrected chi connectivity index (χ1v) is 16.8. The lowest BCUT2D eigenvalue weighted by atomic mass is 9.93. The summed E-state index contributed by atoms with van der Waals surface area (Å²) in [5.74, 6) is -0.514. The van der Waals surface area contributed by atoms with Gasteiger partial charge in [-0.2, -0.15) is 21.6 Å². The first kappa shape index (κ1) is 29.7. The van der Waals surface area contributed by atoms with Gasteiger partial charge in [0, 0.05) is 27.0 Å². The zero-order valence-electron chi connectivity index (χ0n) is 23.7. The number of hydrogen-bond acceptors (Lipinski definition) is 4. The van der Waals surface area contributed by atoms with Crippen molar-refractivity contribution in [3.05, 3.63) is 132 Å². The Balaban J connectivity index is 1.83. The van der Waals surface area contributed by atoms with Crippen molar-refractivity contribution in [3.8, 4) is 16.9 Å². The summed E-state index contributed by atoms with van der Waals surface area (Å²) in [5.41, 5.74) is -3.68. The second-order valence-electron chi connectivity index (χ2n) is 10.5. The van der Waals surface area contributed by atoms with Gasteiger partial charge in [-0.3, -0.25) is 0 Å². The molecule has 6 aromatic carbocycles. The number of halogens is 3. The van der Waals surface area contributed by atoms with E-state index in [9.17, 15) is 21.6 Å². The minimum Gasteiger partial charge on any atom is -0.375 e. The summed E-state index contributed by atoms with van der Waals surface area (Å²) in [4.78, 5) is 0. The average Bonchev–Trinajstić information content (AvgIpc) is 3.00. The molecule has 0 saturated heterocycles. The summed E-state index contributed by atoms with van der Waals surface area (Å²) in [6.07, 6.45) is 0. The maximum Gasteiger partial charge on any atom is 0.534 e. The van der Waals surface area contributed by atoms with Crippen molar-refractivity contribution in [2.24, 2.45) is 0 Å². The van der Waals surface area contributed by atoms with E-state index in [1.807, 2.05) is 56.3 Å². The van der Waals surface area contributed by atoms with Gasteiger partial charge in [-0.15, -0.1) is 0 Å². The molecule has 0 radical (unpaired) electrons. The van der Waals surface area contributed by atoms with Crippen LogP contribution in [0.15, 0.2) is 121 Å². The molecule has 6 rings (SSSR count). The Bertz CT molecular complexity index is 2180. The van der Waals surface area contributed by atoms with Crippen molar-refractivity contribution in [3.63, 3.8) is 0 Å². The highest BCUT2D eigenvalue weighted by atomic mass is 32.2. The summed E-state index contributed by atoms with van der Waals surface area (Å²) in [5, 5.41) is 3.88. The van der Waals surface area contributed by atoms with Gasteiger partial charge in [0.25, 0.3) is 0 Å². The fourth-order valence-corrected chi connectivity index (χ4v) is 9.57. The molecule has 0 heterocycles. The zero-order valence-corrected chi connectivity index (χ0v) is 25.4. The number of fused-ring (bicyclic) bond motifs is 2. The van der Waals surface area contributed by atoms with Crippen LogP contribution in [0, 0.1) is 13.8 Å². The lowest BCUT2D eigenvalue weighted by Gasteiger charge is -2.27. The van der Waals surface area contributed by atoms with Crippen molar-refractivity contribution in [1.82, 2.24) is 0 Å². The second kappa shape index (κ2) is 11.0. The largest absolute Gasteiger partial charge is 0.534 e. The molecule has 0 aliphatic carbocycles. The summed E-state index contributed by atoms with van der Waals surface area (Å²) >= 11 is 0. The van der Waals surface area contributed by atoms with Gasteiger partial charge in [0.05, 0.1) is 0 Å². The van der Waals surface area contributed by atoms with E-state index in [1.165, 1.54) is 12.1 Å². The lowest BCUT2D eigenvalue weighted by molar-refractivity contribution is -0.0499. The molecule has 0 unspecified atom stereocenters. The molecule has 0 fully saturated rings. The maximum absolute atomic E-state index is 16.1. The zero-order chi connectivity index (χ0) is 31.3. The predicted octanol–water partition coefficient (Wildman–Crippen LogP) is 8.14. The Morgan fingerprint density at radius 3 is 1.55 bits per heavy atom.